The molecule has 0 saturated heterocycles. The van der Waals surface area contributed by atoms with Gasteiger partial charge in [-0.3, -0.25) is 4.79 Å². The third-order valence-corrected chi connectivity index (χ3v) is 3.47. The van der Waals surface area contributed by atoms with Crippen LogP contribution >= 0.6 is 0 Å². The molecule has 0 unspecified atom stereocenters. The number of hydrogen-bond acceptors (Lipinski definition) is 4. The van der Waals surface area contributed by atoms with Crippen LogP contribution in [0.25, 0.3) is 0 Å². The summed E-state index contributed by atoms with van der Waals surface area (Å²) < 4.78 is 11.5. The van der Waals surface area contributed by atoms with E-state index in [4.69, 9.17) is 15.2 Å². The number of rotatable bonds is 8. The average Bonchev–Trinajstić information content (AvgIpc) is 2.44. The van der Waals surface area contributed by atoms with E-state index in [1.807, 2.05) is 65.0 Å². The van der Waals surface area contributed by atoms with Gasteiger partial charge in [-0.25, -0.2) is 0 Å². The minimum Gasteiger partial charge on any atom is -0.486 e. The number of benzene rings is 1. The van der Waals surface area contributed by atoms with Crippen LogP contribution in [0.1, 0.15) is 41.0 Å². The van der Waals surface area contributed by atoms with Crippen molar-refractivity contribution in [3.63, 3.8) is 0 Å². The van der Waals surface area contributed by atoms with Gasteiger partial charge in [-0.2, -0.15) is 0 Å². The molecule has 22 heavy (non-hydrogen) atoms. The smallest absolute Gasteiger partial charge is 0.323 e. The maximum Gasteiger partial charge on any atom is 0.323 e. The Morgan fingerprint density at radius 3 is 2.18 bits per heavy atom. The van der Waals surface area contributed by atoms with Crippen LogP contribution in [-0.4, -0.2) is 24.2 Å². The third-order valence-electron chi connectivity index (χ3n) is 3.47. The highest BCUT2D eigenvalue weighted by atomic mass is 16.6. The van der Waals surface area contributed by atoms with Gasteiger partial charge in [-0.1, -0.05) is 45.9 Å². The molecule has 0 aromatic heterocycles. The Bertz CT molecular complexity index is 445. The Kier molecular flexibility index (Phi) is 7.39. The van der Waals surface area contributed by atoms with Crippen molar-refractivity contribution in [2.75, 3.05) is 0 Å². The van der Waals surface area contributed by atoms with Gasteiger partial charge in [-0.15, -0.1) is 0 Å². The van der Waals surface area contributed by atoms with E-state index in [-0.39, 0.29) is 24.1 Å². The van der Waals surface area contributed by atoms with Crippen molar-refractivity contribution in [2.45, 2.75) is 59.3 Å². The van der Waals surface area contributed by atoms with Crippen LogP contribution in [0.3, 0.4) is 0 Å². The number of nitrogens with two attached hydrogens (primary N) is 1. The molecule has 2 N–H and O–H groups in total. The molecule has 124 valence electrons. The summed E-state index contributed by atoms with van der Waals surface area (Å²) in [4.78, 5) is 12.1. The van der Waals surface area contributed by atoms with Crippen LogP contribution in [0.5, 0.6) is 5.75 Å². The number of hydrogen-bond donors (Lipinski definition) is 1. The van der Waals surface area contributed by atoms with E-state index in [0.717, 1.165) is 5.75 Å². The summed E-state index contributed by atoms with van der Waals surface area (Å²) in [5.74, 6) is 0.989. The zero-order valence-electron chi connectivity index (χ0n) is 14.3. The molecule has 0 bridgehead atoms. The molecule has 1 aromatic carbocycles. The van der Waals surface area contributed by atoms with E-state index < -0.39 is 6.04 Å². The van der Waals surface area contributed by atoms with E-state index in [1.165, 1.54) is 0 Å². The summed E-state index contributed by atoms with van der Waals surface area (Å²) in [6.45, 7) is 10.0. The Balaban J connectivity index is 2.65. The minimum atomic E-state index is -0.577. The summed E-state index contributed by atoms with van der Waals surface area (Å²) in [5.41, 5.74) is 5.88. The molecular formula is C18H29NO3. The Labute approximate surface area is 134 Å². The SMILES string of the molecule is CC(C)C[C@H](N)C(=O)O[C@@H](C)[C@H](Oc1ccccc1)C(C)C. The van der Waals surface area contributed by atoms with Crippen molar-refractivity contribution >= 4 is 5.97 Å². The Morgan fingerprint density at radius 1 is 1.09 bits per heavy atom. The number of para-hydroxylation sites is 1. The number of carbonyl (C=O) groups is 1. The summed E-state index contributed by atoms with van der Waals surface area (Å²) >= 11 is 0. The fourth-order valence-electron chi connectivity index (χ4n) is 2.37. The lowest BCUT2D eigenvalue weighted by molar-refractivity contribution is -0.156. The first-order valence-electron chi connectivity index (χ1n) is 7.99. The monoisotopic (exact) mass is 307 g/mol. The first kappa shape index (κ1) is 18.5. The molecular weight excluding hydrogens is 278 g/mol. The molecule has 0 saturated carbocycles. The second-order valence-electron chi connectivity index (χ2n) is 6.52. The van der Waals surface area contributed by atoms with Gasteiger partial charge in [0.05, 0.1) is 0 Å². The Morgan fingerprint density at radius 2 is 1.68 bits per heavy atom. The Hall–Kier alpha value is -1.55. The van der Waals surface area contributed by atoms with Crippen molar-refractivity contribution in [1.29, 1.82) is 0 Å². The maximum atomic E-state index is 12.1. The summed E-state index contributed by atoms with van der Waals surface area (Å²) in [7, 11) is 0. The minimum absolute atomic E-state index is 0.211. The van der Waals surface area contributed by atoms with E-state index >= 15 is 0 Å². The molecule has 1 rings (SSSR count). The second kappa shape index (κ2) is 8.79. The highest BCUT2D eigenvalue weighted by molar-refractivity contribution is 5.75. The second-order valence-corrected chi connectivity index (χ2v) is 6.52. The summed E-state index contributed by atoms with van der Waals surface area (Å²) in [6, 6.07) is 8.99. The molecule has 1 aromatic rings. The van der Waals surface area contributed by atoms with Gasteiger partial charge in [0.2, 0.25) is 0 Å². The molecule has 0 fully saturated rings. The molecule has 0 amide bonds. The lowest BCUT2D eigenvalue weighted by atomic mass is 10.0. The standard InChI is InChI=1S/C18H29NO3/c1-12(2)11-16(19)18(20)21-14(5)17(13(3)4)22-15-9-7-6-8-10-15/h6-10,12-14,16-17H,11,19H2,1-5H3/t14-,16-,17+/m0/s1. The van der Waals surface area contributed by atoms with Crippen molar-refractivity contribution in [3.05, 3.63) is 30.3 Å². The number of ether oxygens (including phenoxy) is 2. The van der Waals surface area contributed by atoms with Gasteiger partial charge in [0.15, 0.2) is 0 Å². The number of esters is 1. The first-order chi connectivity index (χ1) is 10.3. The van der Waals surface area contributed by atoms with Crippen LogP contribution in [0, 0.1) is 11.8 Å². The molecule has 4 heteroatoms. The zero-order valence-corrected chi connectivity index (χ0v) is 14.3. The van der Waals surface area contributed by atoms with Crippen LogP contribution in [0.4, 0.5) is 0 Å². The van der Waals surface area contributed by atoms with Crippen LogP contribution in [0.2, 0.25) is 0 Å². The molecule has 3 atom stereocenters. The van der Waals surface area contributed by atoms with Crippen molar-refractivity contribution in [1.82, 2.24) is 0 Å². The topological polar surface area (TPSA) is 61.6 Å². The summed E-state index contributed by atoms with van der Waals surface area (Å²) in [6.07, 6.45) is 0.0563. The highest BCUT2D eigenvalue weighted by Gasteiger charge is 2.28. The van der Waals surface area contributed by atoms with E-state index in [1.54, 1.807) is 0 Å². The lowest BCUT2D eigenvalue weighted by Gasteiger charge is -2.29. The van der Waals surface area contributed by atoms with Crippen LogP contribution in [0.15, 0.2) is 30.3 Å². The summed E-state index contributed by atoms with van der Waals surface area (Å²) in [5, 5.41) is 0. The quantitative estimate of drug-likeness (QED) is 0.748. The lowest BCUT2D eigenvalue weighted by Crippen LogP contribution is -2.42. The van der Waals surface area contributed by atoms with Gasteiger partial charge in [-0.05, 0) is 37.3 Å². The van der Waals surface area contributed by atoms with Gasteiger partial charge >= 0.3 is 5.97 Å². The van der Waals surface area contributed by atoms with Crippen LogP contribution in [-0.2, 0) is 9.53 Å². The van der Waals surface area contributed by atoms with Gasteiger partial charge in [0.1, 0.15) is 24.0 Å². The van der Waals surface area contributed by atoms with Gasteiger partial charge in [0.25, 0.3) is 0 Å². The molecule has 0 aliphatic carbocycles. The third kappa shape index (κ3) is 6.06. The molecule has 0 spiro atoms. The van der Waals surface area contributed by atoms with Crippen LogP contribution < -0.4 is 10.5 Å². The normalized spacial score (nSPS) is 15.5. The number of carbonyl (C=O) groups excluding carboxylic acids is 1. The molecule has 0 heterocycles. The molecule has 4 nitrogen and oxygen atoms in total. The van der Waals surface area contributed by atoms with Gasteiger partial charge in [0, 0.05) is 0 Å². The van der Waals surface area contributed by atoms with E-state index in [0.29, 0.717) is 12.3 Å². The van der Waals surface area contributed by atoms with E-state index in [2.05, 4.69) is 0 Å². The maximum absolute atomic E-state index is 12.1. The molecule has 0 radical (unpaired) electrons. The van der Waals surface area contributed by atoms with Crippen molar-refractivity contribution < 1.29 is 14.3 Å². The fourth-order valence-corrected chi connectivity index (χ4v) is 2.37. The van der Waals surface area contributed by atoms with Crippen molar-refractivity contribution in [2.24, 2.45) is 17.6 Å². The zero-order chi connectivity index (χ0) is 16.7. The first-order valence-corrected chi connectivity index (χ1v) is 7.99. The highest BCUT2D eigenvalue weighted by Crippen LogP contribution is 2.20. The predicted octanol–water partition coefficient (Wildman–Crippen LogP) is 3.40. The average molecular weight is 307 g/mol. The van der Waals surface area contributed by atoms with Crippen molar-refractivity contribution in [3.8, 4) is 5.75 Å². The van der Waals surface area contributed by atoms with E-state index in [9.17, 15) is 4.79 Å². The predicted molar refractivity (Wildman–Crippen MR) is 88.7 cm³/mol. The molecule has 0 aliphatic rings. The van der Waals surface area contributed by atoms with Gasteiger partial charge < -0.3 is 15.2 Å². The largest absolute Gasteiger partial charge is 0.486 e. The molecule has 0 aliphatic heterocycles. The fraction of sp³-hybridized carbons (Fsp3) is 0.611.